The molecule has 0 aromatic heterocycles. The lowest BCUT2D eigenvalue weighted by Crippen LogP contribution is -2.44. The van der Waals surface area contributed by atoms with Crippen LogP contribution in [0.1, 0.15) is 37.9 Å². The van der Waals surface area contributed by atoms with E-state index in [1.165, 1.54) is 5.56 Å². The van der Waals surface area contributed by atoms with Gasteiger partial charge in [-0.1, -0.05) is 43.7 Å². The van der Waals surface area contributed by atoms with E-state index < -0.39 is 6.04 Å². The lowest BCUT2D eigenvalue weighted by atomic mass is 10.0. The molecule has 0 aliphatic carbocycles. The van der Waals surface area contributed by atoms with Crippen LogP contribution in [0, 0.1) is 12.8 Å². The number of hydrogen-bond acceptors (Lipinski definition) is 2. The van der Waals surface area contributed by atoms with E-state index >= 15 is 0 Å². The molecule has 94 valence electrons. The Kier molecular flexibility index (Phi) is 4.70. The number of aryl methyl sites for hydroxylation is 1. The predicted molar refractivity (Wildman–Crippen MR) is 70.6 cm³/mol. The number of amides is 1. The summed E-state index contributed by atoms with van der Waals surface area (Å²) in [6.07, 6.45) is 0. The zero-order chi connectivity index (χ0) is 13.0. The highest BCUT2D eigenvalue weighted by Crippen LogP contribution is 2.13. The molecule has 0 aliphatic rings. The molecule has 0 heterocycles. The highest BCUT2D eigenvalue weighted by Gasteiger charge is 2.19. The van der Waals surface area contributed by atoms with E-state index in [0.717, 1.165) is 5.56 Å². The second kappa shape index (κ2) is 5.82. The number of benzene rings is 1. The van der Waals surface area contributed by atoms with Gasteiger partial charge in [0.25, 0.3) is 0 Å². The average molecular weight is 234 g/mol. The van der Waals surface area contributed by atoms with Gasteiger partial charge < -0.3 is 11.1 Å². The number of carbonyl (C=O) groups excluding carboxylic acids is 1. The molecule has 3 N–H and O–H groups in total. The molecule has 3 heteroatoms. The fourth-order valence-corrected chi connectivity index (χ4v) is 1.55. The van der Waals surface area contributed by atoms with Crippen LogP contribution in [0.4, 0.5) is 0 Å². The molecule has 1 rings (SSSR count). The summed E-state index contributed by atoms with van der Waals surface area (Å²) in [6.45, 7) is 7.90. The van der Waals surface area contributed by atoms with Crippen molar-refractivity contribution in [2.75, 3.05) is 0 Å². The van der Waals surface area contributed by atoms with Gasteiger partial charge in [0.1, 0.15) is 0 Å². The van der Waals surface area contributed by atoms with E-state index in [1.807, 2.05) is 52.0 Å². The second-order valence-corrected chi connectivity index (χ2v) is 4.91. The third-order valence-electron chi connectivity index (χ3n) is 2.96. The van der Waals surface area contributed by atoms with Crippen molar-refractivity contribution in [3.05, 3.63) is 35.4 Å². The van der Waals surface area contributed by atoms with Gasteiger partial charge in [0, 0.05) is 0 Å². The summed E-state index contributed by atoms with van der Waals surface area (Å²) in [6, 6.07) is 7.69. The summed E-state index contributed by atoms with van der Waals surface area (Å²) in [7, 11) is 0. The summed E-state index contributed by atoms with van der Waals surface area (Å²) in [4.78, 5) is 11.8. The maximum absolute atomic E-state index is 11.8. The average Bonchev–Trinajstić information content (AvgIpc) is 2.28. The molecule has 1 aromatic carbocycles. The number of nitrogens with two attached hydrogens (primary N) is 1. The van der Waals surface area contributed by atoms with Crippen LogP contribution in [-0.4, -0.2) is 11.9 Å². The van der Waals surface area contributed by atoms with Crippen molar-refractivity contribution < 1.29 is 4.79 Å². The Morgan fingerprint density at radius 3 is 2.18 bits per heavy atom. The van der Waals surface area contributed by atoms with E-state index in [4.69, 9.17) is 5.73 Å². The first-order valence-corrected chi connectivity index (χ1v) is 6.04. The van der Waals surface area contributed by atoms with Crippen molar-refractivity contribution in [3.63, 3.8) is 0 Å². The number of nitrogens with one attached hydrogen (secondary N) is 1. The van der Waals surface area contributed by atoms with Crippen molar-refractivity contribution in [2.24, 2.45) is 11.7 Å². The summed E-state index contributed by atoms with van der Waals surface area (Å²) >= 11 is 0. The fourth-order valence-electron chi connectivity index (χ4n) is 1.55. The van der Waals surface area contributed by atoms with Gasteiger partial charge in [-0.25, -0.2) is 0 Å². The van der Waals surface area contributed by atoms with Gasteiger partial charge in [-0.2, -0.15) is 0 Å². The molecule has 3 nitrogen and oxygen atoms in total. The van der Waals surface area contributed by atoms with Crippen LogP contribution in [0.25, 0.3) is 0 Å². The van der Waals surface area contributed by atoms with Gasteiger partial charge in [0.15, 0.2) is 0 Å². The molecule has 0 fully saturated rings. The van der Waals surface area contributed by atoms with Gasteiger partial charge in [-0.05, 0) is 25.3 Å². The SMILES string of the molecule is Cc1ccc([C@H](C)NC(=O)[C@H](N)C(C)C)cc1. The molecule has 0 aliphatic heterocycles. The number of carbonyl (C=O) groups is 1. The minimum Gasteiger partial charge on any atom is -0.348 e. The molecule has 1 aromatic rings. The van der Waals surface area contributed by atoms with E-state index in [0.29, 0.717) is 0 Å². The lowest BCUT2D eigenvalue weighted by Gasteiger charge is -2.20. The Hall–Kier alpha value is -1.35. The summed E-state index contributed by atoms with van der Waals surface area (Å²) < 4.78 is 0. The Bertz CT molecular complexity index is 370. The minimum atomic E-state index is -0.442. The van der Waals surface area contributed by atoms with Crippen LogP contribution in [0.2, 0.25) is 0 Å². The van der Waals surface area contributed by atoms with Crippen molar-refractivity contribution in [1.29, 1.82) is 0 Å². The number of hydrogen-bond donors (Lipinski definition) is 2. The molecule has 0 bridgehead atoms. The molecule has 0 saturated heterocycles. The van der Waals surface area contributed by atoms with Crippen LogP contribution in [0.15, 0.2) is 24.3 Å². The van der Waals surface area contributed by atoms with Crippen molar-refractivity contribution in [1.82, 2.24) is 5.32 Å². The largest absolute Gasteiger partial charge is 0.348 e. The molecule has 0 unspecified atom stereocenters. The van der Waals surface area contributed by atoms with Gasteiger partial charge in [0.2, 0.25) is 5.91 Å². The lowest BCUT2D eigenvalue weighted by molar-refractivity contribution is -0.123. The monoisotopic (exact) mass is 234 g/mol. The smallest absolute Gasteiger partial charge is 0.237 e. The first-order chi connectivity index (χ1) is 7.91. The predicted octanol–water partition coefficient (Wildman–Crippen LogP) is 2.16. The van der Waals surface area contributed by atoms with Crippen molar-refractivity contribution in [2.45, 2.75) is 39.8 Å². The van der Waals surface area contributed by atoms with Gasteiger partial charge >= 0.3 is 0 Å². The van der Waals surface area contributed by atoms with Crippen LogP contribution in [0.5, 0.6) is 0 Å². The van der Waals surface area contributed by atoms with Crippen molar-refractivity contribution >= 4 is 5.91 Å². The van der Waals surface area contributed by atoms with Crippen molar-refractivity contribution in [3.8, 4) is 0 Å². The van der Waals surface area contributed by atoms with Gasteiger partial charge in [-0.15, -0.1) is 0 Å². The zero-order valence-electron chi connectivity index (χ0n) is 11.0. The molecule has 0 saturated carbocycles. The molecule has 0 spiro atoms. The fraction of sp³-hybridized carbons (Fsp3) is 0.500. The highest BCUT2D eigenvalue weighted by atomic mass is 16.2. The third-order valence-corrected chi connectivity index (χ3v) is 2.96. The maximum Gasteiger partial charge on any atom is 0.237 e. The summed E-state index contributed by atoms with van der Waals surface area (Å²) in [5, 5.41) is 2.93. The molecule has 0 radical (unpaired) electrons. The third kappa shape index (κ3) is 3.86. The molecule has 1 amide bonds. The minimum absolute atomic E-state index is 0.00657. The number of rotatable bonds is 4. The standard InChI is InChI=1S/C14H22N2O/c1-9(2)13(15)14(17)16-11(4)12-7-5-10(3)6-8-12/h5-9,11,13H,15H2,1-4H3,(H,16,17)/t11-,13+/m0/s1. The molecule has 17 heavy (non-hydrogen) atoms. The molecular weight excluding hydrogens is 212 g/mol. The van der Waals surface area contributed by atoms with Crippen LogP contribution >= 0.6 is 0 Å². The van der Waals surface area contributed by atoms with E-state index in [9.17, 15) is 4.79 Å². The Morgan fingerprint density at radius 2 is 1.71 bits per heavy atom. The Balaban J connectivity index is 2.63. The van der Waals surface area contributed by atoms with Crippen LogP contribution in [-0.2, 0) is 4.79 Å². The topological polar surface area (TPSA) is 55.1 Å². The Morgan fingerprint density at radius 1 is 1.18 bits per heavy atom. The second-order valence-electron chi connectivity index (χ2n) is 4.91. The van der Waals surface area contributed by atoms with Gasteiger partial charge in [-0.3, -0.25) is 4.79 Å². The van der Waals surface area contributed by atoms with Crippen LogP contribution < -0.4 is 11.1 Å². The summed E-state index contributed by atoms with van der Waals surface area (Å²) in [5.41, 5.74) is 8.11. The Labute approximate surface area is 103 Å². The van der Waals surface area contributed by atoms with Gasteiger partial charge in [0.05, 0.1) is 12.1 Å². The van der Waals surface area contributed by atoms with E-state index in [-0.39, 0.29) is 17.9 Å². The van der Waals surface area contributed by atoms with E-state index in [1.54, 1.807) is 0 Å². The molecular formula is C14H22N2O. The first kappa shape index (κ1) is 13.7. The quantitative estimate of drug-likeness (QED) is 0.838. The van der Waals surface area contributed by atoms with Crippen LogP contribution in [0.3, 0.4) is 0 Å². The normalized spacial score (nSPS) is 14.5. The summed E-state index contributed by atoms with van der Waals surface area (Å²) in [5.74, 6) is 0.0632. The first-order valence-electron chi connectivity index (χ1n) is 6.04. The zero-order valence-corrected chi connectivity index (χ0v) is 11.0. The highest BCUT2D eigenvalue weighted by molar-refractivity contribution is 5.82. The van der Waals surface area contributed by atoms with E-state index in [2.05, 4.69) is 5.32 Å². The molecule has 2 atom stereocenters. The maximum atomic E-state index is 11.8.